The molecule has 8 nitrogen and oxygen atoms in total. The predicted octanol–water partition coefficient (Wildman–Crippen LogP) is 0.854. The highest BCUT2D eigenvalue weighted by atomic mass is 32.2. The summed E-state index contributed by atoms with van der Waals surface area (Å²) in [4.78, 5) is 8.53. The molecular weight excluding hydrogens is 356 g/mol. The molecular formula is C17H20N4O4S. The Labute approximate surface area is 152 Å². The maximum absolute atomic E-state index is 13.2. The molecule has 2 aliphatic rings. The van der Waals surface area contributed by atoms with Gasteiger partial charge in [0.2, 0.25) is 16.0 Å². The van der Waals surface area contributed by atoms with E-state index in [1.165, 1.54) is 11.4 Å². The number of rotatable bonds is 3. The minimum atomic E-state index is -3.69. The first-order valence-electron chi connectivity index (χ1n) is 8.41. The molecule has 0 amide bonds. The fourth-order valence-corrected chi connectivity index (χ4v) is 5.02. The lowest BCUT2D eigenvalue weighted by atomic mass is 9.89. The molecule has 1 saturated heterocycles. The smallest absolute Gasteiger partial charge is 0.246 e. The molecule has 2 heterocycles. The molecule has 1 aromatic heterocycles. The number of morpholine rings is 1. The molecule has 0 unspecified atom stereocenters. The van der Waals surface area contributed by atoms with Gasteiger partial charge < -0.3 is 15.2 Å². The van der Waals surface area contributed by atoms with Gasteiger partial charge in [-0.05, 0) is 36.1 Å². The molecule has 2 N–H and O–H groups in total. The Hall–Kier alpha value is -2.23. The van der Waals surface area contributed by atoms with Gasteiger partial charge in [-0.1, -0.05) is 0 Å². The SMILES string of the molecule is COc1cc2c(cc1S(=O)(=O)N1CCOCC1)-c1cnc(N)nc1CC2. The first-order chi connectivity index (χ1) is 12.5. The molecule has 1 fully saturated rings. The Kier molecular flexibility index (Phi) is 4.29. The third kappa shape index (κ3) is 2.81. The standard InChI is InChI=1S/C17H20N4O4S/c1-24-15-8-11-2-3-14-13(10-19-17(18)20-14)12(11)9-16(15)26(22,23)21-4-6-25-7-5-21/h8-10H,2-7H2,1H3,(H2,18,19,20). The number of fused-ring (bicyclic) bond motifs is 3. The van der Waals surface area contributed by atoms with Crippen LogP contribution in [0.3, 0.4) is 0 Å². The lowest BCUT2D eigenvalue weighted by Gasteiger charge is -2.28. The van der Waals surface area contributed by atoms with Gasteiger partial charge in [-0.2, -0.15) is 4.31 Å². The first kappa shape index (κ1) is 17.2. The number of aromatic nitrogens is 2. The average Bonchev–Trinajstić information content (AvgIpc) is 2.67. The Balaban J connectivity index is 1.86. The first-order valence-corrected chi connectivity index (χ1v) is 9.85. The van der Waals surface area contributed by atoms with E-state index in [0.29, 0.717) is 32.1 Å². The molecule has 1 aliphatic heterocycles. The minimum Gasteiger partial charge on any atom is -0.495 e. The summed E-state index contributed by atoms with van der Waals surface area (Å²) in [5, 5.41) is 0. The summed E-state index contributed by atoms with van der Waals surface area (Å²) in [7, 11) is -2.20. The second-order valence-corrected chi connectivity index (χ2v) is 8.17. The lowest BCUT2D eigenvalue weighted by Crippen LogP contribution is -2.40. The molecule has 4 rings (SSSR count). The summed E-state index contributed by atoms with van der Waals surface area (Å²) in [6.07, 6.45) is 3.13. The van der Waals surface area contributed by atoms with Gasteiger partial charge in [0.15, 0.2) is 0 Å². The number of nitrogens with zero attached hydrogens (tertiary/aromatic N) is 3. The Morgan fingerprint density at radius 2 is 1.96 bits per heavy atom. The summed E-state index contributed by atoms with van der Waals surface area (Å²) in [5.74, 6) is 0.580. The van der Waals surface area contributed by atoms with E-state index in [4.69, 9.17) is 15.2 Å². The molecule has 9 heteroatoms. The highest BCUT2D eigenvalue weighted by molar-refractivity contribution is 7.89. The second-order valence-electron chi connectivity index (χ2n) is 6.27. The van der Waals surface area contributed by atoms with Crippen LogP contribution in [0.2, 0.25) is 0 Å². The van der Waals surface area contributed by atoms with E-state index >= 15 is 0 Å². The summed E-state index contributed by atoms with van der Waals surface area (Å²) in [5.41, 5.74) is 9.18. The van der Waals surface area contributed by atoms with Crippen molar-refractivity contribution in [2.45, 2.75) is 17.7 Å². The third-order valence-electron chi connectivity index (χ3n) is 4.78. The van der Waals surface area contributed by atoms with Gasteiger partial charge in [0.25, 0.3) is 0 Å². The zero-order valence-corrected chi connectivity index (χ0v) is 15.3. The van der Waals surface area contributed by atoms with Crippen LogP contribution in [0.25, 0.3) is 11.1 Å². The number of ether oxygens (including phenoxy) is 2. The van der Waals surface area contributed by atoms with Crippen molar-refractivity contribution in [1.29, 1.82) is 0 Å². The van der Waals surface area contributed by atoms with Gasteiger partial charge in [-0.3, -0.25) is 0 Å². The van der Waals surface area contributed by atoms with E-state index in [9.17, 15) is 8.42 Å². The quantitative estimate of drug-likeness (QED) is 0.846. The molecule has 1 aromatic carbocycles. The topological polar surface area (TPSA) is 108 Å². The summed E-state index contributed by atoms with van der Waals surface area (Å²) in [6.45, 7) is 1.45. The van der Waals surface area contributed by atoms with Crippen LogP contribution in [0.15, 0.2) is 23.2 Å². The molecule has 138 valence electrons. The monoisotopic (exact) mass is 376 g/mol. The number of methoxy groups -OCH3 is 1. The maximum atomic E-state index is 13.2. The van der Waals surface area contributed by atoms with Crippen molar-refractivity contribution in [3.05, 3.63) is 29.6 Å². The van der Waals surface area contributed by atoms with Crippen molar-refractivity contribution < 1.29 is 17.9 Å². The second kappa shape index (κ2) is 6.49. The molecule has 26 heavy (non-hydrogen) atoms. The number of sulfonamides is 1. The number of benzene rings is 1. The molecule has 0 atom stereocenters. The van der Waals surface area contributed by atoms with E-state index in [1.54, 1.807) is 12.3 Å². The summed E-state index contributed by atoms with van der Waals surface area (Å²) < 4.78 is 38.4. The van der Waals surface area contributed by atoms with Crippen LogP contribution >= 0.6 is 0 Å². The van der Waals surface area contributed by atoms with Crippen LogP contribution in [0.4, 0.5) is 5.95 Å². The maximum Gasteiger partial charge on any atom is 0.246 e. The van der Waals surface area contributed by atoms with Crippen LogP contribution in [0.5, 0.6) is 5.75 Å². The van der Waals surface area contributed by atoms with E-state index in [0.717, 1.165) is 35.2 Å². The van der Waals surface area contributed by atoms with E-state index in [2.05, 4.69) is 9.97 Å². The molecule has 0 saturated carbocycles. The van der Waals surface area contributed by atoms with Gasteiger partial charge in [0, 0.05) is 24.8 Å². The van der Waals surface area contributed by atoms with E-state index < -0.39 is 10.0 Å². The van der Waals surface area contributed by atoms with Crippen molar-refractivity contribution in [2.24, 2.45) is 0 Å². The van der Waals surface area contributed by atoms with Crippen LogP contribution in [0.1, 0.15) is 11.3 Å². The largest absolute Gasteiger partial charge is 0.495 e. The van der Waals surface area contributed by atoms with E-state index in [-0.39, 0.29) is 10.8 Å². The van der Waals surface area contributed by atoms with Gasteiger partial charge in [0.05, 0.1) is 26.0 Å². The van der Waals surface area contributed by atoms with Gasteiger partial charge in [0.1, 0.15) is 10.6 Å². The van der Waals surface area contributed by atoms with Crippen LogP contribution < -0.4 is 10.5 Å². The minimum absolute atomic E-state index is 0.158. The van der Waals surface area contributed by atoms with Crippen molar-refractivity contribution >= 4 is 16.0 Å². The molecule has 2 aromatic rings. The van der Waals surface area contributed by atoms with Crippen molar-refractivity contribution in [3.63, 3.8) is 0 Å². The lowest BCUT2D eigenvalue weighted by molar-refractivity contribution is 0.0729. The van der Waals surface area contributed by atoms with Crippen LogP contribution in [-0.2, 0) is 27.6 Å². The molecule has 0 spiro atoms. The zero-order valence-electron chi connectivity index (χ0n) is 14.4. The summed E-state index contributed by atoms with van der Waals surface area (Å²) in [6, 6.07) is 3.48. The molecule has 1 aliphatic carbocycles. The average molecular weight is 376 g/mol. The Bertz CT molecular complexity index is 955. The Morgan fingerprint density at radius 3 is 2.69 bits per heavy atom. The third-order valence-corrected chi connectivity index (χ3v) is 6.70. The number of hydrogen-bond donors (Lipinski definition) is 1. The Morgan fingerprint density at radius 1 is 1.19 bits per heavy atom. The van der Waals surface area contributed by atoms with Gasteiger partial charge in [-0.15, -0.1) is 0 Å². The highest BCUT2D eigenvalue weighted by Crippen LogP contribution is 2.39. The fourth-order valence-electron chi connectivity index (χ4n) is 3.45. The predicted molar refractivity (Wildman–Crippen MR) is 95.4 cm³/mol. The van der Waals surface area contributed by atoms with Crippen molar-refractivity contribution in [3.8, 4) is 16.9 Å². The molecule has 0 radical (unpaired) electrons. The van der Waals surface area contributed by atoms with Crippen LogP contribution in [0, 0.1) is 0 Å². The van der Waals surface area contributed by atoms with Crippen LogP contribution in [-0.4, -0.2) is 56.1 Å². The zero-order chi connectivity index (χ0) is 18.3. The van der Waals surface area contributed by atoms with Crippen molar-refractivity contribution in [2.75, 3.05) is 39.1 Å². The summed E-state index contributed by atoms with van der Waals surface area (Å²) >= 11 is 0. The van der Waals surface area contributed by atoms with Crippen molar-refractivity contribution in [1.82, 2.24) is 14.3 Å². The van der Waals surface area contributed by atoms with Gasteiger partial charge >= 0.3 is 0 Å². The normalized spacial score (nSPS) is 17.4. The van der Waals surface area contributed by atoms with E-state index in [1.807, 2.05) is 6.07 Å². The number of nitrogens with two attached hydrogens (primary N) is 1. The fraction of sp³-hybridized carbons (Fsp3) is 0.412. The number of hydrogen-bond acceptors (Lipinski definition) is 7. The van der Waals surface area contributed by atoms with Gasteiger partial charge in [-0.25, -0.2) is 18.4 Å². The number of anilines is 1. The highest BCUT2D eigenvalue weighted by Gasteiger charge is 2.31. The number of aryl methyl sites for hydroxylation is 2. The number of nitrogen functional groups attached to an aromatic ring is 1. The molecule has 0 bridgehead atoms.